The summed E-state index contributed by atoms with van der Waals surface area (Å²) in [5.41, 5.74) is 10.9. The maximum absolute atomic E-state index is 6.42. The van der Waals surface area contributed by atoms with Crippen LogP contribution in [0.4, 0.5) is 0 Å². The molecule has 0 aliphatic carbocycles. The average molecular weight is 371 g/mol. The van der Waals surface area contributed by atoms with Gasteiger partial charge in [0.05, 0.1) is 15.9 Å². The van der Waals surface area contributed by atoms with Gasteiger partial charge in [0.25, 0.3) is 0 Å². The first-order valence-electron chi connectivity index (χ1n) is 7.23. The van der Waals surface area contributed by atoms with E-state index in [1.165, 1.54) is 5.56 Å². The van der Waals surface area contributed by atoms with Crippen molar-refractivity contribution >= 4 is 27.5 Å². The molecule has 0 saturated heterocycles. The molecule has 2 aromatic rings. The second-order valence-corrected chi connectivity index (χ2v) is 6.42. The molecule has 1 aromatic heterocycles. The third-order valence-corrected chi connectivity index (χ3v) is 4.90. The van der Waals surface area contributed by atoms with Crippen LogP contribution in [-0.4, -0.2) is 9.78 Å². The Balaban J connectivity index is 2.33. The maximum Gasteiger partial charge on any atom is 0.0766 e. The first kappa shape index (κ1) is 16.5. The molecule has 114 valence electrons. The van der Waals surface area contributed by atoms with Gasteiger partial charge in [0.2, 0.25) is 0 Å². The number of hydrogen-bond donors (Lipinski definition) is 1. The van der Waals surface area contributed by atoms with Gasteiger partial charge in [-0.1, -0.05) is 24.6 Å². The zero-order valence-electron chi connectivity index (χ0n) is 12.7. The molecule has 2 rings (SSSR count). The molecule has 1 heterocycles. The highest BCUT2D eigenvalue weighted by Gasteiger charge is 2.18. The van der Waals surface area contributed by atoms with Crippen molar-refractivity contribution in [2.24, 2.45) is 5.73 Å². The zero-order valence-corrected chi connectivity index (χ0v) is 15.0. The third-order valence-electron chi connectivity index (χ3n) is 3.75. The van der Waals surface area contributed by atoms with Crippen molar-refractivity contribution in [1.82, 2.24) is 9.78 Å². The van der Waals surface area contributed by atoms with E-state index in [0.29, 0.717) is 0 Å². The lowest BCUT2D eigenvalue weighted by Gasteiger charge is -2.16. The fourth-order valence-electron chi connectivity index (χ4n) is 2.54. The smallest absolute Gasteiger partial charge is 0.0766 e. The topological polar surface area (TPSA) is 43.8 Å². The summed E-state index contributed by atoms with van der Waals surface area (Å²) in [7, 11) is 0. The van der Waals surface area contributed by atoms with Crippen LogP contribution in [0.15, 0.2) is 22.7 Å². The highest BCUT2D eigenvalue weighted by molar-refractivity contribution is 9.10. The van der Waals surface area contributed by atoms with Crippen molar-refractivity contribution in [3.05, 3.63) is 50.2 Å². The van der Waals surface area contributed by atoms with Crippen LogP contribution < -0.4 is 5.73 Å². The van der Waals surface area contributed by atoms with Gasteiger partial charge in [-0.2, -0.15) is 5.10 Å². The fraction of sp³-hybridized carbons (Fsp3) is 0.438. The fourth-order valence-corrected chi connectivity index (χ4v) is 3.45. The van der Waals surface area contributed by atoms with Crippen LogP contribution in [0.1, 0.15) is 42.4 Å². The second kappa shape index (κ2) is 6.95. The van der Waals surface area contributed by atoms with Crippen molar-refractivity contribution in [2.75, 3.05) is 0 Å². The molecule has 1 atom stereocenters. The van der Waals surface area contributed by atoms with E-state index in [0.717, 1.165) is 45.8 Å². The molecule has 5 heteroatoms. The van der Waals surface area contributed by atoms with Crippen molar-refractivity contribution in [3.8, 4) is 0 Å². The van der Waals surface area contributed by atoms with E-state index in [1.807, 2.05) is 22.9 Å². The molecule has 3 nitrogen and oxygen atoms in total. The summed E-state index contributed by atoms with van der Waals surface area (Å²) >= 11 is 9.77. The quantitative estimate of drug-likeness (QED) is 0.846. The van der Waals surface area contributed by atoms with Gasteiger partial charge in [-0.05, 0) is 59.5 Å². The molecule has 0 spiro atoms. The van der Waals surface area contributed by atoms with Crippen molar-refractivity contribution < 1.29 is 0 Å². The van der Waals surface area contributed by atoms with Gasteiger partial charge in [0, 0.05) is 24.0 Å². The molecule has 0 aliphatic heterocycles. The van der Waals surface area contributed by atoms with Crippen LogP contribution in [0.25, 0.3) is 0 Å². The summed E-state index contributed by atoms with van der Waals surface area (Å²) in [6, 6.07) is 5.78. The Bertz CT molecular complexity index is 637. The lowest BCUT2D eigenvalue weighted by atomic mass is 9.98. The van der Waals surface area contributed by atoms with Gasteiger partial charge in [0.1, 0.15) is 0 Å². The Kier molecular flexibility index (Phi) is 5.47. The Morgan fingerprint density at radius 3 is 2.71 bits per heavy atom. The minimum Gasteiger partial charge on any atom is -0.324 e. The number of benzene rings is 1. The molecule has 0 saturated carbocycles. The van der Waals surface area contributed by atoms with Crippen LogP contribution in [0, 0.1) is 6.92 Å². The molecule has 0 radical (unpaired) electrons. The van der Waals surface area contributed by atoms with Crippen LogP contribution in [0.3, 0.4) is 0 Å². The first-order chi connectivity index (χ1) is 9.97. The van der Waals surface area contributed by atoms with Gasteiger partial charge >= 0.3 is 0 Å². The van der Waals surface area contributed by atoms with Gasteiger partial charge < -0.3 is 5.73 Å². The highest BCUT2D eigenvalue weighted by atomic mass is 79.9. The lowest BCUT2D eigenvalue weighted by Crippen LogP contribution is -2.17. The van der Waals surface area contributed by atoms with E-state index >= 15 is 0 Å². The summed E-state index contributed by atoms with van der Waals surface area (Å²) in [5, 5.41) is 5.35. The van der Waals surface area contributed by atoms with Crippen molar-refractivity contribution in [3.63, 3.8) is 0 Å². The predicted octanol–water partition coefficient (Wildman–Crippen LogP) is 4.43. The molecular formula is C16H21BrClN3. The van der Waals surface area contributed by atoms with Crippen molar-refractivity contribution in [2.45, 2.75) is 46.2 Å². The van der Waals surface area contributed by atoms with Gasteiger partial charge in [-0.3, -0.25) is 4.68 Å². The Labute approximate surface area is 139 Å². The summed E-state index contributed by atoms with van der Waals surface area (Å²) in [4.78, 5) is 0. The van der Waals surface area contributed by atoms with Crippen LogP contribution in [0.2, 0.25) is 5.02 Å². The van der Waals surface area contributed by atoms with Gasteiger partial charge in [0.15, 0.2) is 0 Å². The van der Waals surface area contributed by atoms with E-state index in [4.69, 9.17) is 17.3 Å². The summed E-state index contributed by atoms with van der Waals surface area (Å²) in [6.07, 6.45) is 1.65. The third kappa shape index (κ3) is 3.50. The SMILES string of the molecule is CCc1nn(CC)c(CC(N)c2cc(Cl)ccc2C)c1Br. The van der Waals surface area contributed by atoms with Gasteiger partial charge in [-0.15, -0.1) is 0 Å². The monoisotopic (exact) mass is 369 g/mol. The molecule has 0 fully saturated rings. The summed E-state index contributed by atoms with van der Waals surface area (Å²) in [5.74, 6) is 0. The highest BCUT2D eigenvalue weighted by Crippen LogP contribution is 2.28. The van der Waals surface area contributed by atoms with E-state index in [2.05, 4.69) is 41.8 Å². The molecule has 1 unspecified atom stereocenters. The zero-order chi connectivity index (χ0) is 15.6. The number of nitrogens with zero attached hydrogens (tertiary/aromatic N) is 2. The van der Waals surface area contributed by atoms with Crippen molar-refractivity contribution in [1.29, 1.82) is 0 Å². The van der Waals surface area contributed by atoms with Crippen LogP contribution in [-0.2, 0) is 19.4 Å². The van der Waals surface area contributed by atoms with E-state index in [1.54, 1.807) is 0 Å². The van der Waals surface area contributed by atoms with Crippen LogP contribution in [0.5, 0.6) is 0 Å². The molecule has 1 aromatic carbocycles. The Hall–Kier alpha value is -0.840. The second-order valence-electron chi connectivity index (χ2n) is 5.19. The number of aryl methyl sites for hydroxylation is 3. The number of rotatable bonds is 5. The molecule has 0 aliphatic rings. The maximum atomic E-state index is 6.42. The average Bonchev–Trinajstić information content (AvgIpc) is 2.77. The van der Waals surface area contributed by atoms with E-state index in [9.17, 15) is 0 Å². The first-order valence-corrected chi connectivity index (χ1v) is 8.40. The number of hydrogen-bond acceptors (Lipinski definition) is 2. The van der Waals surface area contributed by atoms with E-state index < -0.39 is 0 Å². The largest absolute Gasteiger partial charge is 0.324 e. The standard InChI is InChI=1S/C16H21BrClN3/c1-4-14-16(17)15(21(5-2)20-14)9-13(19)12-8-11(18)7-6-10(12)3/h6-8,13H,4-5,9,19H2,1-3H3. The molecular weight excluding hydrogens is 350 g/mol. The molecule has 21 heavy (non-hydrogen) atoms. The normalized spacial score (nSPS) is 12.7. The van der Waals surface area contributed by atoms with Crippen LogP contribution >= 0.6 is 27.5 Å². The number of nitrogens with two attached hydrogens (primary N) is 1. The number of halogens is 2. The lowest BCUT2D eigenvalue weighted by molar-refractivity contribution is 0.583. The molecule has 0 amide bonds. The number of aromatic nitrogens is 2. The Morgan fingerprint density at radius 1 is 1.38 bits per heavy atom. The summed E-state index contributed by atoms with van der Waals surface area (Å²) < 4.78 is 3.12. The Morgan fingerprint density at radius 2 is 2.10 bits per heavy atom. The predicted molar refractivity (Wildman–Crippen MR) is 91.8 cm³/mol. The van der Waals surface area contributed by atoms with Gasteiger partial charge in [-0.25, -0.2) is 0 Å². The minimum absolute atomic E-state index is 0.0910. The minimum atomic E-state index is -0.0910. The summed E-state index contributed by atoms with van der Waals surface area (Å²) in [6.45, 7) is 7.11. The molecule has 0 bridgehead atoms. The molecule has 2 N–H and O–H groups in total. The van der Waals surface area contributed by atoms with E-state index in [-0.39, 0.29) is 6.04 Å².